The molecule has 98 valence electrons. The van der Waals surface area contributed by atoms with Gasteiger partial charge in [0.05, 0.1) is 20.3 Å². The second-order valence-electron chi connectivity index (χ2n) is 4.18. The molecule has 1 aliphatic rings. The van der Waals surface area contributed by atoms with E-state index in [0.717, 1.165) is 5.56 Å². The van der Waals surface area contributed by atoms with Crippen molar-refractivity contribution in [2.24, 2.45) is 0 Å². The lowest BCUT2D eigenvalue weighted by Gasteiger charge is -2.33. The van der Waals surface area contributed by atoms with Crippen LogP contribution in [0, 0.1) is 0 Å². The molecule has 4 nitrogen and oxygen atoms in total. The molecule has 0 N–H and O–H groups in total. The molecule has 1 saturated heterocycles. The Bertz CT molecular complexity index is 424. The van der Waals surface area contributed by atoms with Crippen LogP contribution >= 0.6 is 11.6 Å². The zero-order chi connectivity index (χ0) is 13.0. The lowest BCUT2D eigenvalue weighted by molar-refractivity contribution is -0.153. The highest BCUT2D eigenvalue weighted by atomic mass is 35.5. The van der Waals surface area contributed by atoms with E-state index in [0.29, 0.717) is 31.3 Å². The highest BCUT2D eigenvalue weighted by Gasteiger charge is 2.30. The van der Waals surface area contributed by atoms with E-state index in [-0.39, 0.29) is 12.0 Å². The SMILES string of the molecule is COC(=O)C1COCCN1Cc1ccccc1Cl. The van der Waals surface area contributed by atoms with Crippen LogP contribution in [0.2, 0.25) is 5.02 Å². The summed E-state index contributed by atoms with van der Waals surface area (Å²) in [7, 11) is 1.39. The number of ether oxygens (including phenoxy) is 2. The molecule has 5 heteroatoms. The number of benzene rings is 1. The highest BCUT2D eigenvalue weighted by Crippen LogP contribution is 2.19. The van der Waals surface area contributed by atoms with E-state index in [4.69, 9.17) is 21.1 Å². The van der Waals surface area contributed by atoms with Gasteiger partial charge in [0.2, 0.25) is 0 Å². The second kappa shape index (κ2) is 6.18. The van der Waals surface area contributed by atoms with Gasteiger partial charge in [0.25, 0.3) is 0 Å². The van der Waals surface area contributed by atoms with Crippen molar-refractivity contribution in [1.29, 1.82) is 0 Å². The van der Waals surface area contributed by atoms with Crippen LogP contribution in [0.5, 0.6) is 0 Å². The Morgan fingerprint density at radius 1 is 1.56 bits per heavy atom. The van der Waals surface area contributed by atoms with Crippen molar-refractivity contribution in [2.45, 2.75) is 12.6 Å². The second-order valence-corrected chi connectivity index (χ2v) is 4.58. The van der Waals surface area contributed by atoms with Gasteiger partial charge in [0.15, 0.2) is 0 Å². The van der Waals surface area contributed by atoms with Crippen LogP contribution in [0.3, 0.4) is 0 Å². The van der Waals surface area contributed by atoms with Gasteiger partial charge in [0.1, 0.15) is 6.04 Å². The number of carbonyl (C=O) groups excluding carboxylic acids is 1. The number of morpholine rings is 1. The molecule has 1 unspecified atom stereocenters. The first-order valence-corrected chi connectivity index (χ1v) is 6.23. The Morgan fingerprint density at radius 2 is 2.33 bits per heavy atom. The minimum atomic E-state index is -0.347. The number of halogens is 1. The standard InChI is InChI=1S/C13H16ClNO3/c1-17-13(16)12-9-18-7-6-15(12)8-10-4-2-3-5-11(10)14/h2-5,12H,6-9H2,1H3. The minimum absolute atomic E-state index is 0.262. The summed E-state index contributed by atoms with van der Waals surface area (Å²) in [6, 6.07) is 7.30. The Hall–Kier alpha value is -1.10. The molecule has 2 rings (SSSR count). The third-order valence-corrected chi connectivity index (χ3v) is 3.41. The monoisotopic (exact) mass is 269 g/mol. The fraction of sp³-hybridized carbons (Fsp3) is 0.462. The topological polar surface area (TPSA) is 38.8 Å². The summed E-state index contributed by atoms with van der Waals surface area (Å²) in [6.07, 6.45) is 0. The molecule has 0 spiro atoms. The van der Waals surface area contributed by atoms with Crippen LogP contribution in [0.4, 0.5) is 0 Å². The number of nitrogens with zero attached hydrogens (tertiary/aromatic N) is 1. The smallest absolute Gasteiger partial charge is 0.325 e. The minimum Gasteiger partial charge on any atom is -0.468 e. The highest BCUT2D eigenvalue weighted by molar-refractivity contribution is 6.31. The van der Waals surface area contributed by atoms with Gasteiger partial charge in [-0.3, -0.25) is 9.69 Å². The molecule has 0 radical (unpaired) electrons. The van der Waals surface area contributed by atoms with Crippen LogP contribution in [0.15, 0.2) is 24.3 Å². The summed E-state index contributed by atoms with van der Waals surface area (Å²) >= 11 is 6.13. The summed E-state index contributed by atoms with van der Waals surface area (Å²) < 4.78 is 10.1. The molecule has 1 aliphatic heterocycles. The van der Waals surface area contributed by atoms with Crippen LogP contribution in [-0.4, -0.2) is 43.8 Å². The van der Waals surface area contributed by atoms with E-state index >= 15 is 0 Å². The van der Waals surface area contributed by atoms with Crippen LogP contribution in [0.1, 0.15) is 5.56 Å². The Balaban J connectivity index is 2.10. The first kappa shape index (κ1) is 13.3. The fourth-order valence-corrected chi connectivity index (χ4v) is 2.22. The Morgan fingerprint density at radius 3 is 3.06 bits per heavy atom. The third kappa shape index (κ3) is 3.02. The molecule has 1 fully saturated rings. The molecule has 1 aromatic carbocycles. The van der Waals surface area contributed by atoms with Crippen LogP contribution < -0.4 is 0 Å². The van der Waals surface area contributed by atoms with Crippen molar-refractivity contribution in [3.63, 3.8) is 0 Å². The summed E-state index contributed by atoms with van der Waals surface area (Å²) in [4.78, 5) is 13.7. The first-order chi connectivity index (χ1) is 8.72. The number of esters is 1. The first-order valence-electron chi connectivity index (χ1n) is 5.85. The van der Waals surface area contributed by atoms with Gasteiger partial charge in [-0.25, -0.2) is 0 Å². The van der Waals surface area contributed by atoms with Gasteiger partial charge >= 0.3 is 5.97 Å². The van der Waals surface area contributed by atoms with E-state index in [1.165, 1.54) is 7.11 Å². The zero-order valence-corrected chi connectivity index (χ0v) is 11.0. The van der Waals surface area contributed by atoms with E-state index < -0.39 is 0 Å². The number of hydrogen-bond acceptors (Lipinski definition) is 4. The fourth-order valence-electron chi connectivity index (χ4n) is 2.03. The summed E-state index contributed by atoms with van der Waals surface area (Å²) in [5.41, 5.74) is 1.01. The third-order valence-electron chi connectivity index (χ3n) is 3.04. The Labute approximate surface area is 111 Å². The van der Waals surface area contributed by atoms with Gasteiger partial charge in [-0.2, -0.15) is 0 Å². The number of hydrogen-bond donors (Lipinski definition) is 0. The molecule has 0 aromatic heterocycles. The average Bonchev–Trinajstić information content (AvgIpc) is 2.41. The number of methoxy groups -OCH3 is 1. The maximum atomic E-state index is 11.7. The molecule has 18 heavy (non-hydrogen) atoms. The largest absolute Gasteiger partial charge is 0.468 e. The summed E-state index contributed by atoms with van der Waals surface area (Å²) in [5, 5.41) is 0.715. The van der Waals surface area contributed by atoms with E-state index in [2.05, 4.69) is 0 Å². The van der Waals surface area contributed by atoms with Gasteiger partial charge in [-0.15, -0.1) is 0 Å². The van der Waals surface area contributed by atoms with Crippen LogP contribution in [0.25, 0.3) is 0 Å². The van der Waals surface area contributed by atoms with Crippen molar-refractivity contribution in [1.82, 2.24) is 4.90 Å². The van der Waals surface area contributed by atoms with Gasteiger partial charge in [0, 0.05) is 18.1 Å². The zero-order valence-electron chi connectivity index (χ0n) is 10.3. The predicted molar refractivity (Wildman–Crippen MR) is 68.5 cm³/mol. The van der Waals surface area contributed by atoms with Crippen molar-refractivity contribution >= 4 is 17.6 Å². The van der Waals surface area contributed by atoms with Crippen molar-refractivity contribution in [3.05, 3.63) is 34.9 Å². The number of rotatable bonds is 3. The molecule has 0 bridgehead atoms. The molecule has 1 heterocycles. The molecule has 0 saturated carbocycles. The van der Waals surface area contributed by atoms with Gasteiger partial charge < -0.3 is 9.47 Å². The molecule has 0 aliphatic carbocycles. The van der Waals surface area contributed by atoms with E-state index in [1.54, 1.807) is 0 Å². The van der Waals surface area contributed by atoms with Crippen molar-refractivity contribution < 1.29 is 14.3 Å². The van der Waals surface area contributed by atoms with E-state index in [9.17, 15) is 4.79 Å². The normalized spacial score (nSPS) is 20.7. The summed E-state index contributed by atoms with van der Waals surface area (Å²) in [6.45, 7) is 2.32. The van der Waals surface area contributed by atoms with Gasteiger partial charge in [-0.1, -0.05) is 29.8 Å². The summed E-state index contributed by atoms with van der Waals surface area (Å²) in [5.74, 6) is -0.262. The number of carbonyl (C=O) groups is 1. The Kier molecular flexibility index (Phi) is 4.58. The quantitative estimate of drug-likeness (QED) is 0.783. The van der Waals surface area contributed by atoms with E-state index in [1.807, 2.05) is 29.2 Å². The molecular formula is C13H16ClNO3. The molecular weight excluding hydrogens is 254 g/mol. The lowest BCUT2D eigenvalue weighted by atomic mass is 10.1. The van der Waals surface area contributed by atoms with Crippen molar-refractivity contribution in [3.8, 4) is 0 Å². The lowest BCUT2D eigenvalue weighted by Crippen LogP contribution is -2.49. The van der Waals surface area contributed by atoms with Gasteiger partial charge in [-0.05, 0) is 11.6 Å². The average molecular weight is 270 g/mol. The molecule has 1 aromatic rings. The maximum Gasteiger partial charge on any atom is 0.325 e. The van der Waals surface area contributed by atoms with Crippen molar-refractivity contribution in [2.75, 3.05) is 26.9 Å². The predicted octanol–water partition coefficient (Wildman–Crippen LogP) is 1.71. The molecule has 1 atom stereocenters. The maximum absolute atomic E-state index is 11.7. The van der Waals surface area contributed by atoms with Crippen LogP contribution in [-0.2, 0) is 20.8 Å². The molecule has 0 amide bonds.